The van der Waals surface area contributed by atoms with Crippen molar-refractivity contribution in [2.45, 2.75) is 46.7 Å². The quantitative estimate of drug-likeness (QED) is 0.812. The Bertz CT molecular complexity index is 357. The fourth-order valence-electron chi connectivity index (χ4n) is 1.87. The largest absolute Gasteiger partial charge is 0.394 e. The van der Waals surface area contributed by atoms with Crippen molar-refractivity contribution in [2.24, 2.45) is 11.7 Å². The Morgan fingerprint density at radius 3 is 2.19 bits per heavy atom. The zero-order valence-corrected chi connectivity index (χ0v) is 10.9. The molecule has 0 fully saturated rings. The molecule has 4 heteroatoms. The number of nitrogens with two attached hydrogens (primary N) is 1. The summed E-state index contributed by atoms with van der Waals surface area (Å²) < 4.78 is 1.87. The minimum atomic E-state index is -0.132. The second-order valence-electron chi connectivity index (χ2n) is 4.81. The van der Waals surface area contributed by atoms with Gasteiger partial charge < -0.3 is 10.8 Å². The van der Waals surface area contributed by atoms with Crippen LogP contribution in [0.15, 0.2) is 0 Å². The molecule has 0 bridgehead atoms. The van der Waals surface area contributed by atoms with E-state index in [0.29, 0.717) is 5.92 Å². The van der Waals surface area contributed by atoms with E-state index in [9.17, 15) is 5.11 Å². The van der Waals surface area contributed by atoms with Gasteiger partial charge in [-0.25, -0.2) is 0 Å². The van der Waals surface area contributed by atoms with Crippen molar-refractivity contribution < 1.29 is 5.11 Å². The lowest BCUT2D eigenvalue weighted by atomic mass is 9.98. The van der Waals surface area contributed by atoms with E-state index in [1.807, 2.05) is 25.5 Å². The third-order valence-electron chi connectivity index (χ3n) is 3.40. The fraction of sp³-hybridized carbons (Fsp3) is 0.750. The van der Waals surface area contributed by atoms with Crippen molar-refractivity contribution in [1.82, 2.24) is 9.78 Å². The average molecular weight is 225 g/mol. The molecular weight excluding hydrogens is 202 g/mol. The van der Waals surface area contributed by atoms with Crippen LogP contribution >= 0.6 is 0 Å². The molecule has 3 N–H and O–H groups in total. The predicted molar refractivity (Wildman–Crippen MR) is 65.4 cm³/mol. The smallest absolute Gasteiger partial charge is 0.0905 e. The van der Waals surface area contributed by atoms with Gasteiger partial charge in [0.2, 0.25) is 0 Å². The van der Waals surface area contributed by atoms with Crippen LogP contribution in [-0.2, 0) is 0 Å². The van der Waals surface area contributed by atoms with Gasteiger partial charge in [0.15, 0.2) is 0 Å². The van der Waals surface area contributed by atoms with Crippen LogP contribution < -0.4 is 5.73 Å². The molecule has 0 saturated heterocycles. The molecule has 2 unspecified atom stereocenters. The van der Waals surface area contributed by atoms with Crippen molar-refractivity contribution in [2.75, 3.05) is 6.61 Å². The van der Waals surface area contributed by atoms with Crippen LogP contribution in [0.2, 0.25) is 0 Å². The molecular formula is C12H23N3O. The summed E-state index contributed by atoms with van der Waals surface area (Å²) >= 11 is 0. The normalized spacial score (nSPS) is 15.5. The first-order valence-corrected chi connectivity index (χ1v) is 5.78. The molecule has 92 valence electrons. The van der Waals surface area contributed by atoms with Crippen molar-refractivity contribution in [3.63, 3.8) is 0 Å². The lowest BCUT2D eigenvalue weighted by molar-refractivity contribution is 0.177. The van der Waals surface area contributed by atoms with Crippen LogP contribution in [0.4, 0.5) is 0 Å². The number of aryl methyl sites for hydroxylation is 1. The third-order valence-corrected chi connectivity index (χ3v) is 3.40. The van der Waals surface area contributed by atoms with Gasteiger partial charge in [-0.05, 0) is 32.3 Å². The van der Waals surface area contributed by atoms with Crippen LogP contribution in [-0.4, -0.2) is 27.5 Å². The first-order chi connectivity index (χ1) is 7.40. The van der Waals surface area contributed by atoms with Crippen molar-refractivity contribution >= 4 is 0 Å². The van der Waals surface area contributed by atoms with E-state index >= 15 is 0 Å². The molecule has 16 heavy (non-hydrogen) atoms. The zero-order valence-electron chi connectivity index (χ0n) is 10.9. The summed E-state index contributed by atoms with van der Waals surface area (Å²) in [5.74, 6) is 0.321. The molecule has 2 atom stereocenters. The van der Waals surface area contributed by atoms with Crippen LogP contribution in [0, 0.1) is 26.7 Å². The summed E-state index contributed by atoms with van der Waals surface area (Å²) in [6.45, 7) is 10.2. The highest BCUT2D eigenvalue weighted by Crippen LogP contribution is 2.21. The van der Waals surface area contributed by atoms with E-state index in [1.165, 1.54) is 5.56 Å². The van der Waals surface area contributed by atoms with Gasteiger partial charge >= 0.3 is 0 Å². The number of aliphatic hydroxyl groups excluding tert-OH is 1. The lowest BCUT2D eigenvalue weighted by Gasteiger charge is -2.26. The minimum absolute atomic E-state index is 0.0285. The molecule has 0 spiro atoms. The van der Waals surface area contributed by atoms with Gasteiger partial charge in [-0.15, -0.1) is 0 Å². The van der Waals surface area contributed by atoms with E-state index in [4.69, 9.17) is 5.73 Å². The molecule has 4 nitrogen and oxygen atoms in total. The molecule has 0 aliphatic heterocycles. The first kappa shape index (κ1) is 13.2. The van der Waals surface area contributed by atoms with Crippen LogP contribution in [0.3, 0.4) is 0 Å². The van der Waals surface area contributed by atoms with Crippen molar-refractivity contribution in [3.8, 4) is 0 Å². The van der Waals surface area contributed by atoms with E-state index in [1.54, 1.807) is 0 Å². The van der Waals surface area contributed by atoms with Gasteiger partial charge in [0, 0.05) is 11.7 Å². The van der Waals surface area contributed by atoms with Crippen LogP contribution in [0.1, 0.15) is 36.8 Å². The molecule has 1 aromatic heterocycles. The second-order valence-corrected chi connectivity index (χ2v) is 4.81. The van der Waals surface area contributed by atoms with Crippen LogP contribution in [0.5, 0.6) is 0 Å². The number of aliphatic hydroxyl groups is 1. The maximum Gasteiger partial charge on any atom is 0.0905 e. The van der Waals surface area contributed by atoms with Crippen LogP contribution in [0.25, 0.3) is 0 Å². The maximum atomic E-state index is 9.48. The van der Waals surface area contributed by atoms with Crippen molar-refractivity contribution in [3.05, 3.63) is 17.0 Å². The minimum Gasteiger partial charge on any atom is -0.394 e. The zero-order chi connectivity index (χ0) is 12.5. The van der Waals surface area contributed by atoms with E-state index < -0.39 is 0 Å². The Kier molecular flexibility index (Phi) is 4.10. The second kappa shape index (κ2) is 4.97. The number of rotatable bonds is 4. The van der Waals surface area contributed by atoms with E-state index in [2.05, 4.69) is 18.9 Å². The number of aromatic nitrogens is 2. The summed E-state index contributed by atoms with van der Waals surface area (Å²) in [6, 6.07) is -0.213. The van der Waals surface area contributed by atoms with Gasteiger partial charge in [-0.1, -0.05) is 13.8 Å². The Morgan fingerprint density at radius 2 is 1.88 bits per heavy atom. The molecule has 1 heterocycles. The molecule has 1 rings (SSSR count). The Morgan fingerprint density at radius 1 is 1.31 bits per heavy atom. The summed E-state index contributed by atoms with van der Waals surface area (Å²) in [5.41, 5.74) is 9.38. The Hall–Kier alpha value is -0.870. The molecule has 1 aromatic rings. The highest BCUT2D eigenvalue weighted by molar-refractivity contribution is 5.23. The number of nitrogens with zero attached hydrogens (tertiary/aromatic N) is 2. The summed E-state index contributed by atoms with van der Waals surface area (Å²) in [6.07, 6.45) is 0. The van der Waals surface area contributed by atoms with Gasteiger partial charge in [-0.2, -0.15) is 5.10 Å². The molecule has 0 aliphatic carbocycles. The lowest BCUT2D eigenvalue weighted by Crippen LogP contribution is -2.39. The van der Waals surface area contributed by atoms with Gasteiger partial charge in [-0.3, -0.25) is 4.68 Å². The Balaban J connectivity index is 3.09. The SMILES string of the molecule is Cc1nn(C(CO)C(N)C(C)C)c(C)c1C. The van der Waals surface area contributed by atoms with E-state index in [-0.39, 0.29) is 18.7 Å². The topological polar surface area (TPSA) is 64.1 Å². The third kappa shape index (κ3) is 2.28. The summed E-state index contributed by atoms with van der Waals surface area (Å²) in [7, 11) is 0. The summed E-state index contributed by atoms with van der Waals surface area (Å²) in [5, 5.41) is 13.9. The molecule has 0 saturated carbocycles. The molecule has 0 amide bonds. The van der Waals surface area contributed by atoms with Gasteiger partial charge in [0.05, 0.1) is 18.3 Å². The Labute approximate surface area is 97.5 Å². The van der Waals surface area contributed by atoms with Gasteiger partial charge in [0.25, 0.3) is 0 Å². The highest BCUT2D eigenvalue weighted by atomic mass is 16.3. The highest BCUT2D eigenvalue weighted by Gasteiger charge is 2.24. The van der Waals surface area contributed by atoms with Crippen molar-refractivity contribution in [1.29, 1.82) is 0 Å². The standard InChI is InChI=1S/C12H23N3O/c1-7(2)12(13)11(6-16)15-10(5)8(3)9(4)14-15/h7,11-12,16H,6,13H2,1-5H3. The molecule has 0 aromatic carbocycles. The first-order valence-electron chi connectivity index (χ1n) is 5.78. The number of hydrogen-bond acceptors (Lipinski definition) is 3. The maximum absolute atomic E-state index is 9.48. The molecule has 0 radical (unpaired) electrons. The monoisotopic (exact) mass is 225 g/mol. The fourth-order valence-corrected chi connectivity index (χ4v) is 1.87. The molecule has 0 aliphatic rings. The average Bonchev–Trinajstić information content (AvgIpc) is 2.47. The van der Waals surface area contributed by atoms with Gasteiger partial charge in [0.1, 0.15) is 0 Å². The van der Waals surface area contributed by atoms with E-state index in [0.717, 1.165) is 11.4 Å². The summed E-state index contributed by atoms with van der Waals surface area (Å²) in [4.78, 5) is 0. The predicted octanol–water partition coefficient (Wildman–Crippen LogP) is 1.33. The number of hydrogen-bond donors (Lipinski definition) is 2.